The fraction of sp³-hybridized carbons (Fsp3) is 0.333. The third-order valence-electron chi connectivity index (χ3n) is 8.25. The minimum Gasteiger partial charge on any atom is -0.497 e. The Labute approximate surface area is 236 Å². The number of carbonyl (C=O) groups excluding carboxylic acids is 3. The molecule has 9 nitrogen and oxygen atoms in total. The van der Waals surface area contributed by atoms with Crippen LogP contribution >= 0.6 is 11.6 Å². The van der Waals surface area contributed by atoms with Gasteiger partial charge in [-0.1, -0.05) is 35.9 Å². The lowest BCUT2D eigenvalue weighted by Gasteiger charge is -2.47. The SMILES string of the molecule is COc1ccc(C[C@]2(CN3C[C@@H]4C[C@H](C3)c3cccc(=O)n3C4)C(=O)NC(=O)N(c3cccc(Cl)c3)C2=O)cc1. The standard InChI is InChI=1S/C30H29ClN4O5/c1-40-24-10-8-19(9-11-24)14-30(27(37)32-29(39)35(28(30)38)23-5-2-4-22(31)13-23)18-33-15-20-12-21(17-33)25-6-3-7-26(36)34(25)16-20/h2-11,13,20-21H,12,14-18H2,1H3,(H,32,37,39)/t20-,21+,30-/m0/s1. The van der Waals surface area contributed by atoms with Crippen molar-refractivity contribution in [3.8, 4) is 5.75 Å². The van der Waals surface area contributed by atoms with Crippen LogP contribution in [-0.2, 0) is 22.6 Å². The molecule has 0 spiro atoms. The number of rotatable bonds is 6. The number of likely N-dealkylation sites (tertiary alicyclic amines) is 1. The molecule has 1 N–H and O–H groups in total. The number of methoxy groups -OCH3 is 1. The number of benzene rings is 2. The Kier molecular flexibility index (Phi) is 6.72. The molecule has 3 aromatic rings. The largest absolute Gasteiger partial charge is 0.497 e. The molecular formula is C30H29ClN4O5. The Morgan fingerprint density at radius 3 is 2.50 bits per heavy atom. The lowest BCUT2D eigenvalue weighted by molar-refractivity contribution is -0.144. The molecule has 1 aromatic heterocycles. The molecule has 0 radical (unpaired) electrons. The first-order valence-corrected chi connectivity index (χ1v) is 13.7. The molecule has 10 heteroatoms. The molecule has 6 rings (SSSR count). The van der Waals surface area contributed by atoms with Crippen LogP contribution in [0.4, 0.5) is 10.5 Å². The van der Waals surface area contributed by atoms with Crippen LogP contribution in [-0.4, -0.2) is 54.1 Å². The summed E-state index contributed by atoms with van der Waals surface area (Å²) in [5.41, 5.74) is 0.457. The first kappa shape index (κ1) is 26.3. The van der Waals surface area contributed by atoms with Gasteiger partial charge in [-0.05, 0) is 60.7 Å². The molecule has 2 bridgehead atoms. The van der Waals surface area contributed by atoms with Crippen LogP contribution in [0.25, 0.3) is 0 Å². The van der Waals surface area contributed by atoms with Crippen molar-refractivity contribution in [3.05, 3.63) is 93.4 Å². The van der Waals surface area contributed by atoms with E-state index in [9.17, 15) is 19.2 Å². The second kappa shape index (κ2) is 10.2. The van der Waals surface area contributed by atoms with Crippen LogP contribution < -0.4 is 20.5 Å². The molecule has 4 amide bonds. The number of aromatic nitrogens is 1. The maximum atomic E-state index is 14.4. The number of hydrogen-bond donors (Lipinski definition) is 1. The van der Waals surface area contributed by atoms with Crippen molar-refractivity contribution in [2.75, 3.05) is 31.6 Å². The summed E-state index contributed by atoms with van der Waals surface area (Å²) in [7, 11) is 1.57. The Bertz CT molecular complexity index is 1550. The third kappa shape index (κ3) is 4.59. The summed E-state index contributed by atoms with van der Waals surface area (Å²) in [5.74, 6) is -0.245. The molecule has 0 unspecified atom stereocenters. The van der Waals surface area contributed by atoms with Crippen LogP contribution in [0.3, 0.4) is 0 Å². The maximum Gasteiger partial charge on any atom is 0.335 e. The summed E-state index contributed by atoms with van der Waals surface area (Å²) in [5, 5.41) is 2.83. The van der Waals surface area contributed by atoms with Gasteiger partial charge < -0.3 is 14.2 Å². The van der Waals surface area contributed by atoms with Gasteiger partial charge in [-0.15, -0.1) is 0 Å². The van der Waals surface area contributed by atoms with E-state index in [0.29, 0.717) is 36.1 Å². The number of amides is 4. The Morgan fingerprint density at radius 2 is 1.75 bits per heavy atom. The topological polar surface area (TPSA) is 101 Å². The van der Waals surface area contributed by atoms with Crippen molar-refractivity contribution in [2.24, 2.45) is 11.3 Å². The highest BCUT2D eigenvalue weighted by Gasteiger charge is 2.55. The zero-order valence-corrected chi connectivity index (χ0v) is 22.8. The van der Waals surface area contributed by atoms with Gasteiger partial charge in [-0.3, -0.25) is 19.7 Å². The quantitative estimate of drug-likeness (QED) is 0.464. The predicted octanol–water partition coefficient (Wildman–Crippen LogP) is 3.44. The number of carbonyl (C=O) groups is 3. The highest BCUT2D eigenvalue weighted by molar-refractivity contribution is 6.32. The minimum atomic E-state index is -1.58. The Hall–Kier alpha value is -3.95. The Balaban J connectivity index is 1.38. The van der Waals surface area contributed by atoms with E-state index >= 15 is 0 Å². The molecule has 2 aromatic carbocycles. The molecule has 40 heavy (non-hydrogen) atoms. The number of imide groups is 2. The predicted molar refractivity (Wildman–Crippen MR) is 150 cm³/mol. The summed E-state index contributed by atoms with van der Waals surface area (Å²) in [6, 6.07) is 18.2. The van der Waals surface area contributed by atoms with E-state index in [0.717, 1.165) is 22.6 Å². The third-order valence-corrected chi connectivity index (χ3v) is 8.49. The van der Waals surface area contributed by atoms with Gasteiger partial charge in [0.1, 0.15) is 11.2 Å². The van der Waals surface area contributed by atoms with E-state index in [2.05, 4.69) is 10.2 Å². The lowest BCUT2D eigenvalue weighted by atomic mass is 9.75. The van der Waals surface area contributed by atoms with Gasteiger partial charge in [-0.25, -0.2) is 9.69 Å². The van der Waals surface area contributed by atoms with Gasteiger partial charge in [-0.2, -0.15) is 0 Å². The average Bonchev–Trinajstić information content (AvgIpc) is 2.93. The zero-order chi connectivity index (χ0) is 28.0. The van der Waals surface area contributed by atoms with Crippen LogP contribution in [0.5, 0.6) is 5.75 Å². The van der Waals surface area contributed by atoms with Crippen LogP contribution in [0.2, 0.25) is 5.02 Å². The molecule has 4 heterocycles. The average molecular weight is 561 g/mol. The van der Waals surface area contributed by atoms with E-state index in [-0.39, 0.29) is 30.4 Å². The van der Waals surface area contributed by atoms with Gasteiger partial charge in [0.25, 0.3) is 11.5 Å². The molecule has 0 saturated carbocycles. The summed E-state index contributed by atoms with van der Waals surface area (Å²) in [4.78, 5) is 56.9. The molecule has 3 aliphatic rings. The zero-order valence-electron chi connectivity index (χ0n) is 22.0. The van der Waals surface area contributed by atoms with E-state index in [4.69, 9.17) is 16.3 Å². The number of hydrogen-bond acceptors (Lipinski definition) is 6. The number of urea groups is 1. The number of nitrogens with zero attached hydrogens (tertiary/aromatic N) is 3. The van der Waals surface area contributed by atoms with Crippen LogP contribution in [0, 0.1) is 11.3 Å². The number of anilines is 1. The fourth-order valence-electron chi connectivity index (χ4n) is 6.48. The Morgan fingerprint density at radius 1 is 0.975 bits per heavy atom. The second-order valence-corrected chi connectivity index (χ2v) is 11.3. The normalized spacial score (nSPS) is 24.4. The molecule has 3 aliphatic heterocycles. The van der Waals surface area contributed by atoms with E-state index in [1.807, 2.05) is 22.8 Å². The van der Waals surface area contributed by atoms with Crippen LogP contribution in [0.15, 0.2) is 71.5 Å². The molecule has 2 saturated heterocycles. The van der Waals surface area contributed by atoms with Crippen molar-refractivity contribution < 1.29 is 19.1 Å². The second-order valence-electron chi connectivity index (χ2n) is 10.9. The highest BCUT2D eigenvalue weighted by Crippen LogP contribution is 2.39. The summed E-state index contributed by atoms with van der Waals surface area (Å²) < 4.78 is 7.13. The number of fused-ring (bicyclic) bond motifs is 4. The molecule has 0 aliphatic carbocycles. The van der Waals surface area contributed by atoms with Crippen LogP contribution in [0.1, 0.15) is 23.6 Å². The number of barbiturate groups is 1. The van der Waals surface area contributed by atoms with Crippen molar-refractivity contribution in [2.45, 2.75) is 25.3 Å². The monoisotopic (exact) mass is 560 g/mol. The first-order chi connectivity index (χ1) is 19.3. The summed E-state index contributed by atoms with van der Waals surface area (Å²) in [6.07, 6.45) is 1.03. The van der Waals surface area contributed by atoms with Gasteiger partial charge in [0, 0.05) is 48.9 Å². The van der Waals surface area contributed by atoms with E-state index in [1.165, 1.54) is 6.07 Å². The molecular weight excluding hydrogens is 532 g/mol. The van der Waals surface area contributed by atoms with E-state index < -0.39 is 23.3 Å². The van der Waals surface area contributed by atoms with Crippen molar-refractivity contribution in [1.29, 1.82) is 0 Å². The van der Waals surface area contributed by atoms with Gasteiger partial charge in [0.15, 0.2) is 0 Å². The van der Waals surface area contributed by atoms with Crippen molar-refractivity contribution in [1.82, 2.24) is 14.8 Å². The number of pyridine rings is 1. The van der Waals surface area contributed by atoms with E-state index in [1.54, 1.807) is 49.6 Å². The lowest BCUT2D eigenvalue weighted by Crippen LogP contribution is -2.68. The number of piperidine rings is 1. The van der Waals surface area contributed by atoms with Gasteiger partial charge in [0.05, 0.1) is 12.8 Å². The molecule has 3 atom stereocenters. The highest BCUT2D eigenvalue weighted by atomic mass is 35.5. The number of halogens is 1. The van der Waals surface area contributed by atoms with Crippen molar-refractivity contribution in [3.63, 3.8) is 0 Å². The maximum absolute atomic E-state index is 14.4. The first-order valence-electron chi connectivity index (χ1n) is 13.3. The van der Waals surface area contributed by atoms with Gasteiger partial charge in [0.2, 0.25) is 5.91 Å². The van der Waals surface area contributed by atoms with Crippen molar-refractivity contribution >= 4 is 35.1 Å². The number of ether oxygens (including phenoxy) is 1. The van der Waals surface area contributed by atoms with Gasteiger partial charge >= 0.3 is 6.03 Å². The summed E-state index contributed by atoms with van der Waals surface area (Å²) in [6.45, 7) is 1.95. The summed E-state index contributed by atoms with van der Waals surface area (Å²) >= 11 is 6.20. The minimum absolute atomic E-state index is 0.00543. The smallest absolute Gasteiger partial charge is 0.335 e. The fourth-order valence-corrected chi connectivity index (χ4v) is 6.66. The molecule has 206 valence electrons. The molecule has 2 fully saturated rings. The number of nitrogens with one attached hydrogen (secondary N) is 1.